The lowest BCUT2D eigenvalue weighted by Crippen LogP contribution is -2.36. The van der Waals surface area contributed by atoms with Gasteiger partial charge in [-0.1, -0.05) is 24.3 Å². The molecule has 1 rings (SSSR count). The van der Waals surface area contributed by atoms with Gasteiger partial charge in [-0.15, -0.1) is 26.3 Å². The number of hydrogen-bond acceptors (Lipinski definition) is 11. The van der Waals surface area contributed by atoms with Gasteiger partial charge in [-0.25, -0.2) is 0 Å². The van der Waals surface area contributed by atoms with E-state index in [-0.39, 0.29) is 25.9 Å². The Morgan fingerprint density at radius 3 is 1.49 bits per heavy atom. The normalized spacial score (nSPS) is 16.1. The van der Waals surface area contributed by atoms with E-state index >= 15 is 0 Å². The second-order valence-electron chi connectivity index (χ2n) is 7.12. The molecule has 9 N–H and O–H groups in total. The Balaban J connectivity index is -0.000000478. The summed E-state index contributed by atoms with van der Waals surface area (Å²) >= 11 is 0. The predicted molar refractivity (Wildman–Crippen MR) is 139 cm³/mol. The van der Waals surface area contributed by atoms with E-state index in [4.69, 9.17) is 34.5 Å². The van der Waals surface area contributed by atoms with Crippen molar-refractivity contribution in [3.8, 4) is 0 Å². The quantitative estimate of drug-likeness (QED) is 0.0696. The van der Waals surface area contributed by atoms with E-state index in [0.717, 1.165) is 13.2 Å². The van der Waals surface area contributed by atoms with Gasteiger partial charge in [0.05, 0.1) is 77.8 Å². The molecule has 0 radical (unpaired) electrons. The minimum absolute atomic E-state index is 0. The zero-order chi connectivity index (χ0) is 25.9. The summed E-state index contributed by atoms with van der Waals surface area (Å²) in [5, 5.41) is 30.6. The molecule has 0 spiro atoms. The van der Waals surface area contributed by atoms with Crippen molar-refractivity contribution >= 4 is 0 Å². The van der Waals surface area contributed by atoms with E-state index in [1.807, 2.05) is 0 Å². The first kappa shape index (κ1) is 38.1. The van der Waals surface area contributed by atoms with Gasteiger partial charge in [-0.2, -0.15) is 0 Å². The van der Waals surface area contributed by atoms with E-state index in [1.54, 1.807) is 24.3 Å². The van der Waals surface area contributed by atoms with Crippen molar-refractivity contribution < 1.29 is 39.0 Å². The standard InChI is InChI=1S/C12H23NO4.C6H13NO2.C6H10O2.H3N/c1-3-5-16-9-11(14)7-13-8-12(15)10-17-6-4-2;1-2-3-9-5-6(8)4-7;1-2-3-7-4-6-5-8-6;/h3-4,11-15H,1-2,5-10H2;2,6,8H,1,3-5,7H2;2,6H,1,3-5H2;1H3. The number of epoxide rings is 1. The molecule has 1 aliphatic rings. The van der Waals surface area contributed by atoms with E-state index < -0.39 is 18.3 Å². The number of nitrogens with two attached hydrogens (primary N) is 1. The molecule has 1 aliphatic heterocycles. The lowest BCUT2D eigenvalue weighted by atomic mass is 10.3. The summed E-state index contributed by atoms with van der Waals surface area (Å²) < 4.78 is 25.0. The highest BCUT2D eigenvalue weighted by molar-refractivity contribution is 4.70. The smallest absolute Gasteiger partial charge is 0.104 e. The maximum atomic E-state index is 9.45. The van der Waals surface area contributed by atoms with Crippen LogP contribution in [0.25, 0.3) is 0 Å². The van der Waals surface area contributed by atoms with Gasteiger partial charge in [0, 0.05) is 19.6 Å². The van der Waals surface area contributed by atoms with Gasteiger partial charge in [0.2, 0.25) is 0 Å². The fourth-order valence-corrected chi connectivity index (χ4v) is 1.91. The summed E-state index contributed by atoms with van der Waals surface area (Å²) in [7, 11) is 0. The van der Waals surface area contributed by atoms with Gasteiger partial charge < -0.3 is 56.2 Å². The van der Waals surface area contributed by atoms with Gasteiger partial charge in [0.15, 0.2) is 0 Å². The topological polar surface area (TPSA) is 183 Å². The highest BCUT2D eigenvalue weighted by atomic mass is 16.6. The van der Waals surface area contributed by atoms with Gasteiger partial charge >= 0.3 is 0 Å². The van der Waals surface area contributed by atoms with Gasteiger partial charge in [-0.05, 0) is 0 Å². The molecule has 35 heavy (non-hydrogen) atoms. The zero-order valence-electron chi connectivity index (χ0n) is 21.1. The summed E-state index contributed by atoms with van der Waals surface area (Å²) in [6.45, 7) is 19.3. The molecule has 0 amide bonds. The van der Waals surface area contributed by atoms with E-state index in [1.165, 1.54) is 0 Å². The Morgan fingerprint density at radius 2 is 1.14 bits per heavy atom. The van der Waals surface area contributed by atoms with Crippen molar-refractivity contribution in [1.82, 2.24) is 11.5 Å². The van der Waals surface area contributed by atoms with E-state index in [0.29, 0.717) is 52.2 Å². The molecule has 1 heterocycles. The van der Waals surface area contributed by atoms with E-state index in [9.17, 15) is 10.2 Å². The van der Waals surface area contributed by atoms with Crippen LogP contribution in [0.15, 0.2) is 50.6 Å². The van der Waals surface area contributed by atoms with Crippen LogP contribution in [0.4, 0.5) is 0 Å². The van der Waals surface area contributed by atoms with Crippen LogP contribution >= 0.6 is 0 Å². The summed E-state index contributed by atoms with van der Waals surface area (Å²) in [5.41, 5.74) is 5.10. The lowest BCUT2D eigenvalue weighted by molar-refractivity contribution is 0.0350. The number of nitrogens with one attached hydrogen (secondary N) is 1. The zero-order valence-corrected chi connectivity index (χ0v) is 21.1. The van der Waals surface area contributed by atoms with Gasteiger partial charge in [-0.3, -0.25) is 0 Å². The number of ether oxygens (including phenoxy) is 5. The molecular weight excluding hydrogens is 458 g/mol. The number of aliphatic hydroxyl groups excluding tert-OH is 3. The van der Waals surface area contributed by atoms with Crippen LogP contribution in [-0.4, -0.2) is 119 Å². The third-order valence-electron chi connectivity index (χ3n) is 3.61. The Kier molecular flexibility index (Phi) is 33.2. The maximum Gasteiger partial charge on any atom is 0.104 e. The summed E-state index contributed by atoms with van der Waals surface area (Å²) in [6, 6.07) is 0. The van der Waals surface area contributed by atoms with Crippen molar-refractivity contribution in [2.75, 3.05) is 79.1 Å². The van der Waals surface area contributed by atoms with Crippen molar-refractivity contribution in [3.05, 3.63) is 50.6 Å². The van der Waals surface area contributed by atoms with E-state index in [2.05, 4.69) is 31.6 Å². The molecule has 0 aliphatic carbocycles. The molecule has 0 aromatic heterocycles. The van der Waals surface area contributed by atoms with Gasteiger partial charge in [0.1, 0.15) is 6.10 Å². The van der Waals surface area contributed by atoms with Crippen LogP contribution in [0.3, 0.4) is 0 Å². The van der Waals surface area contributed by atoms with Crippen molar-refractivity contribution in [2.24, 2.45) is 5.73 Å². The van der Waals surface area contributed by atoms with Crippen LogP contribution < -0.4 is 17.2 Å². The summed E-state index contributed by atoms with van der Waals surface area (Å²) in [5.74, 6) is 0. The second kappa shape index (κ2) is 30.6. The summed E-state index contributed by atoms with van der Waals surface area (Å²) in [4.78, 5) is 0. The first-order valence-electron chi connectivity index (χ1n) is 11.3. The highest BCUT2D eigenvalue weighted by Gasteiger charge is 2.21. The fourth-order valence-electron chi connectivity index (χ4n) is 1.91. The molecule has 11 heteroatoms. The molecule has 208 valence electrons. The minimum Gasteiger partial charge on any atom is -0.389 e. The third kappa shape index (κ3) is 34.8. The lowest BCUT2D eigenvalue weighted by Gasteiger charge is -2.14. The SMILES string of the molecule is C=CCOCC(O)CN.C=CCOCC(O)CNCC(O)COCC=C.C=CCOCC1CO1.N. The predicted octanol–water partition coefficient (Wildman–Crippen LogP) is -0.0386. The van der Waals surface area contributed by atoms with Crippen molar-refractivity contribution in [3.63, 3.8) is 0 Å². The molecule has 0 aromatic rings. The Hall–Kier alpha value is -1.48. The molecule has 4 unspecified atom stereocenters. The molecular formula is C24H49N3O8. The largest absolute Gasteiger partial charge is 0.389 e. The average molecular weight is 508 g/mol. The number of aliphatic hydroxyl groups is 3. The second-order valence-corrected chi connectivity index (χ2v) is 7.12. The molecule has 11 nitrogen and oxygen atoms in total. The Labute approximate surface area is 210 Å². The third-order valence-corrected chi connectivity index (χ3v) is 3.61. The highest BCUT2D eigenvalue weighted by Crippen LogP contribution is 2.07. The average Bonchev–Trinajstić information content (AvgIpc) is 3.65. The van der Waals surface area contributed by atoms with Crippen molar-refractivity contribution in [2.45, 2.75) is 24.4 Å². The fraction of sp³-hybridized carbons (Fsp3) is 0.667. The van der Waals surface area contributed by atoms with Crippen molar-refractivity contribution in [1.29, 1.82) is 0 Å². The molecule has 1 saturated heterocycles. The number of rotatable bonds is 21. The van der Waals surface area contributed by atoms with Crippen LogP contribution in [0.5, 0.6) is 0 Å². The molecule has 4 atom stereocenters. The molecule has 0 aromatic carbocycles. The first-order valence-corrected chi connectivity index (χ1v) is 11.3. The summed E-state index contributed by atoms with van der Waals surface area (Å²) in [6.07, 6.45) is 5.29. The molecule has 0 saturated carbocycles. The molecule has 1 fully saturated rings. The Bertz CT molecular complexity index is 462. The minimum atomic E-state index is -0.587. The first-order chi connectivity index (χ1) is 16.4. The van der Waals surface area contributed by atoms with Crippen LogP contribution in [0.2, 0.25) is 0 Å². The van der Waals surface area contributed by atoms with Crippen LogP contribution in [0.1, 0.15) is 0 Å². The maximum absolute atomic E-state index is 9.45. The monoisotopic (exact) mass is 507 g/mol. The Morgan fingerprint density at radius 1 is 0.771 bits per heavy atom. The number of hydrogen-bond donors (Lipinski definition) is 6. The molecule has 0 bridgehead atoms. The van der Waals surface area contributed by atoms with Crippen LogP contribution in [0, 0.1) is 0 Å². The van der Waals surface area contributed by atoms with Gasteiger partial charge in [0.25, 0.3) is 0 Å². The van der Waals surface area contributed by atoms with Crippen LogP contribution in [-0.2, 0) is 23.7 Å².